The number of rotatable bonds is 56. The number of carbonyl (C=O) groups is 3. The van der Waals surface area contributed by atoms with Crippen molar-refractivity contribution in [1.82, 2.24) is 0 Å². The lowest BCUT2D eigenvalue weighted by Gasteiger charge is -2.18. The first-order chi connectivity index (χ1) is 33.5. The number of allylic oxidation sites excluding steroid dienone is 4. The third-order valence-electron chi connectivity index (χ3n) is 13.7. The number of esters is 3. The van der Waals surface area contributed by atoms with Crippen LogP contribution in [0.5, 0.6) is 0 Å². The van der Waals surface area contributed by atoms with Gasteiger partial charge in [-0.2, -0.15) is 0 Å². The van der Waals surface area contributed by atoms with Gasteiger partial charge in [-0.25, -0.2) is 0 Å². The highest BCUT2D eigenvalue weighted by molar-refractivity contribution is 5.71. The number of unbranched alkanes of at least 4 members (excludes halogenated alkanes) is 41. The maximum absolute atomic E-state index is 12.8. The summed E-state index contributed by atoms with van der Waals surface area (Å²) >= 11 is 0. The monoisotopic (exact) mass is 957 g/mol. The predicted molar refractivity (Wildman–Crippen MR) is 293 cm³/mol. The molecule has 1 unspecified atom stereocenters. The van der Waals surface area contributed by atoms with Gasteiger partial charge in [-0.1, -0.05) is 276 Å². The molecule has 0 spiro atoms. The van der Waals surface area contributed by atoms with Crippen LogP contribution in [0.2, 0.25) is 0 Å². The third-order valence-corrected chi connectivity index (χ3v) is 13.7. The molecule has 0 bridgehead atoms. The second-order valence-electron chi connectivity index (χ2n) is 20.6. The Morgan fingerprint density at radius 3 is 0.779 bits per heavy atom. The predicted octanol–water partition coefficient (Wildman–Crippen LogP) is 20.3. The van der Waals surface area contributed by atoms with Crippen LogP contribution in [0.15, 0.2) is 24.3 Å². The van der Waals surface area contributed by atoms with E-state index < -0.39 is 6.10 Å². The number of hydrogen-bond acceptors (Lipinski definition) is 6. The Morgan fingerprint density at radius 2 is 0.500 bits per heavy atom. The van der Waals surface area contributed by atoms with Crippen molar-refractivity contribution in [2.75, 3.05) is 13.2 Å². The summed E-state index contributed by atoms with van der Waals surface area (Å²) in [5, 5.41) is 0. The Bertz CT molecular complexity index is 1100. The summed E-state index contributed by atoms with van der Waals surface area (Å²) in [5.74, 6) is -0.872. The largest absolute Gasteiger partial charge is 0.462 e. The standard InChI is InChI=1S/C62H116O6/c1-4-7-10-13-16-19-22-24-26-27-28-29-30-31-32-33-34-36-37-40-43-46-49-52-55-61(64)67-58-59(57-66-60(63)54-51-48-45-42-39-21-18-15-12-9-6-3)68-62(65)56-53-50-47-44-41-38-35-25-23-20-17-14-11-8-5-2/h15,18,25,35,59H,4-14,16-17,19-24,26-34,36-58H2,1-3H3/b18-15-,35-25-. The summed E-state index contributed by atoms with van der Waals surface area (Å²) in [4.78, 5) is 38.1. The van der Waals surface area contributed by atoms with E-state index in [1.54, 1.807) is 0 Å². The highest BCUT2D eigenvalue weighted by Crippen LogP contribution is 2.17. The molecule has 0 aliphatic rings. The van der Waals surface area contributed by atoms with Crippen LogP contribution in [0.3, 0.4) is 0 Å². The van der Waals surface area contributed by atoms with E-state index in [4.69, 9.17) is 14.2 Å². The molecule has 400 valence electrons. The fraction of sp³-hybridized carbons (Fsp3) is 0.887. The molecule has 0 aliphatic carbocycles. The molecule has 0 radical (unpaired) electrons. The topological polar surface area (TPSA) is 78.9 Å². The van der Waals surface area contributed by atoms with Crippen LogP contribution in [0, 0.1) is 0 Å². The van der Waals surface area contributed by atoms with Gasteiger partial charge in [-0.15, -0.1) is 0 Å². The fourth-order valence-electron chi connectivity index (χ4n) is 9.07. The Balaban J connectivity index is 4.20. The van der Waals surface area contributed by atoms with Crippen LogP contribution in [0.1, 0.15) is 335 Å². The third kappa shape index (κ3) is 54.8. The van der Waals surface area contributed by atoms with Crippen molar-refractivity contribution in [3.8, 4) is 0 Å². The fourth-order valence-corrected chi connectivity index (χ4v) is 9.07. The van der Waals surface area contributed by atoms with Gasteiger partial charge in [0.25, 0.3) is 0 Å². The van der Waals surface area contributed by atoms with Gasteiger partial charge >= 0.3 is 17.9 Å². The van der Waals surface area contributed by atoms with Gasteiger partial charge in [0.1, 0.15) is 13.2 Å². The average Bonchev–Trinajstić information content (AvgIpc) is 3.34. The van der Waals surface area contributed by atoms with Gasteiger partial charge in [0, 0.05) is 19.3 Å². The van der Waals surface area contributed by atoms with Gasteiger partial charge in [0.15, 0.2) is 6.10 Å². The van der Waals surface area contributed by atoms with Gasteiger partial charge in [0.05, 0.1) is 0 Å². The Morgan fingerprint density at radius 1 is 0.279 bits per heavy atom. The summed E-state index contributed by atoms with van der Waals surface area (Å²) in [6.07, 6.45) is 67.6. The summed E-state index contributed by atoms with van der Waals surface area (Å²) in [5.41, 5.74) is 0. The summed E-state index contributed by atoms with van der Waals surface area (Å²) < 4.78 is 16.9. The first kappa shape index (κ1) is 65.9. The van der Waals surface area contributed by atoms with Crippen LogP contribution in [0.4, 0.5) is 0 Å². The lowest BCUT2D eigenvalue weighted by molar-refractivity contribution is -0.167. The van der Waals surface area contributed by atoms with Crippen molar-refractivity contribution in [2.24, 2.45) is 0 Å². The van der Waals surface area contributed by atoms with E-state index in [1.807, 2.05) is 0 Å². The summed E-state index contributed by atoms with van der Waals surface area (Å²) in [7, 11) is 0. The van der Waals surface area contributed by atoms with Crippen LogP contribution in [-0.4, -0.2) is 37.2 Å². The lowest BCUT2D eigenvalue weighted by atomic mass is 10.0. The molecular formula is C62H116O6. The molecule has 0 N–H and O–H groups in total. The molecule has 0 fully saturated rings. The maximum atomic E-state index is 12.8. The van der Waals surface area contributed by atoms with Crippen LogP contribution in [0.25, 0.3) is 0 Å². The van der Waals surface area contributed by atoms with Gasteiger partial charge < -0.3 is 14.2 Å². The van der Waals surface area contributed by atoms with E-state index in [0.29, 0.717) is 19.3 Å². The highest BCUT2D eigenvalue weighted by Gasteiger charge is 2.19. The van der Waals surface area contributed by atoms with Crippen molar-refractivity contribution in [2.45, 2.75) is 341 Å². The van der Waals surface area contributed by atoms with Crippen LogP contribution < -0.4 is 0 Å². The lowest BCUT2D eigenvalue weighted by Crippen LogP contribution is -2.30. The smallest absolute Gasteiger partial charge is 0.306 e. The zero-order valence-electron chi connectivity index (χ0n) is 45.9. The molecule has 0 amide bonds. The molecule has 0 aromatic heterocycles. The SMILES string of the molecule is CCCC/C=C\CCCCCCCC(=O)OCC(COC(=O)CCCCCCCCCCCCCCCCCCCCCCCCCC)OC(=O)CCCCCCC/C=C\CCCCCCCC. The minimum absolute atomic E-state index is 0.0729. The Labute approximate surface area is 423 Å². The first-order valence-electron chi connectivity index (χ1n) is 30.3. The van der Waals surface area contributed by atoms with E-state index >= 15 is 0 Å². The normalized spacial score (nSPS) is 12.1. The molecule has 0 rings (SSSR count). The molecule has 0 aromatic carbocycles. The first-order valence-corrected chi connectivity index (χ1v) is 30.3. The second-order valence-corrected chi connectivity index (χ2v) is 20.6. The van der Waals surface area contributed by atoms with E-state index in [-0.39, 0.29) is 31.1 Å². The van der Waals surface area contributed by atoms with E-state index in [0.717, 1.165) is 70.6 Å². The molecule has 6 nitrogen and oxygen atoms in total. The summed E-state index contributed by atoms with van der Waals surface area (Å²) in [6, 6.07) is 0. The summed E-state index contributed by atoms with van der Waals surface area (Å²) in [6.45, 7) is 6.63. The molecule has 0 saturated heterocycles. The van der Waals surface area contributed by atoms with Crippen LogP contribution in [-0.2, 0) is 28.6 Å². The molecule has 6 heteroatoms. The number of hydrogen-bond donors (Lipinski definition) is 0. The average molecular weight is 958 g/mol. The highest BCUT2D eigenvalue weighted by atomic mass is 16.6. The number of carbonyl (C=O) groups excluding carboxylic acids is 3. The molecule has 68 heavy (non-hydrogen) atoms. The van der Waals surface area contributed by atoms with E-state index in [9.17, 15) is 14.4 Å². The van der Waals surface area contributed by atoms with Gasteiger partial charge in [-0.3, -0.25) is 14.4 Å². The van der Waals surface area contributed by atoms with Gasteiger partial charge in [0.2, 0.25) is 0 Å². The van der Waals surface area contributed by atoms with Crippen LogP contribution >= 0.6 is 0 Å². The molecule has 0 saturated carbocycles. The van der Waals surface area contributed by atoms with Crippen molar-refractivity contribution < 1.29 is 28.6 Å². The molecule has 0 aliphatic heterocycles. The zero-order valence-corrected chi connectivity index (χ0v) is 45.9. The zero-order chi connectivity index (χ0) is 49.3. The van der Waals surface area contributed by atoms with Gasteiger partial charge in [-0.05, 0) is 64.2 Å². The van der Waals surface area contributed by atoms with Crippen molar-refractivity contribution in [3.63, 3.8) is 0 Å². The van der Waals surface area contributed by atoms with E-state index in [1.165, 1.54) is 225 Å². The van der Waals surface area contributed by atoms with Crippen molar-refractivity contribution in [3.05, 3.63) is 24.3 Å². The molecule has 0 heterocycles. The van der Waals surface area contributed by atoms with E-state index in [2.05, 4.69) is 45.1 Å². The molecule has 1 atom stereocenters. The minimum Gasteiger partial charge on any atom is -0.462 e. The second kappa shape index (κ2) is 57.5. The number of ether oxygens (including phenoxy) is 3. The van der Waals surface area contributed by atoms with Crippen molar-refractivity contribution >= 4 is 17.9 Å². The molecule has 0 aromatic rings. The maximum Gasteiger partial charge on any atom is 0.306 e. The Hall–Kier alpha value is -2.11. The Kier molecular flexibility index (Phi) is 55.7. The molecular weight excluding hydrogens is 841 g/mol. The minimum atomic E-state index is -0.775. The van der Waals surface area contributed by atoms with Crippen molar-refractivity contribution in [1.29, 1.82) is 0 Å². The quantitative estimate of drug-likeness (QED) is 0.0262.